The van der Waals surface area contributed by atoms with Crippen LogP contribution in [-0.2, 0) is 11.2 Å². The summed E-state index contributed by atoms with van der Waals surface area (Å²) >= 11 is 1.78. The number of hydrogen-bond donors (Lipinski definition) is 1. The minimum absolute atomic E-state index is 0.563. The van der Waals surface area contributed by atoms with Crippen molar-refractivity contribution in [1.82, 2.24) is 5.32 Å². The summed E-state index contributed by atoms with van der Waals surface area (Å²) < 4.78 is 5.09. The lowest BCUT2D eigenvalue weighted by Gasteiger charge is -2.18. The van der Waals surface area contributed by atoms with Gasteiger partial charge in [-0.2, -0.15) is 11.3 Å². The number of hydrogen-bond acceptors (Lipinski definition) is 3. The SMILES string of the molecule is COCCNCC(CCc1ccsc1)c1ccccc1. The van der Waals surface area contributed by atoms with Crippen molar-refractivity contribution < 1.29 is 4.74 Å². The minimum atomic E-state index is 0.563. The van der Waals surface area contributed by atoms with E-state index < -0.39 is 0 Å². The van der Waals surface area contributed by atoms with E-state index in [4.69, 9.17) is 4.74 Å². The zero-order valence-electron chi connectivity index (χ0n) is 12.0. The molecule has 0 bridgehead atoms. The topological polar surface area (TPSA) is 21.3 Å². The Labute approximate surface area is 125 Å². The van der Waals surface area contributed by atoms with Crippen LogP contribution in [0.25, 0.3) is 0 Å². The fraction of sp³-hybridized carbons (Fsp3) is 0.412. The number of nitrogens with one attached hydrogen (secondary N) is 1. The molecule has 0 aliphatic heterocycles. The fourth-order valence-electron chi connectivity index (χ4n) is 2.34. The molecule has 1 N–H and O–H groups in total. The number of benzene rings is 1. The van der Waals surface area contributed by atoms with Gasteiger partial charge in [0.25, 0.3) is 0 Å². The van der Waals surface area contributed by atoms with E-state index in [2.05, 4.69) is 52.5 Å². The van der Waals surface area contributed by atoms with Gasteiger partial charge in [-0.3, -0.25) is 0 Å². The molecule has 1 atom stereocenters. The van der Waals surface area contributed by atoms with E-state index in [1.54, 1.807) is 18.4 Å². The third-order valence-corrected chi connectivity index (χ3v) is 4.24. The lowest BCUT2D eigenvalue weighted by molar-refractivity contribution is 0.199. The van der Waals surface area contributed by atoms with Crippen molar-refractivity contribution in [1.29, 1.82) is 0 Å². The van der Waals surface area contributed by atoms with Crippen LogP contribution >= 0.6 is 11.3 Å². The molecule has 2 nitrogen and oxygen atoms in total. The Morgan fingerprint density at radius 2 is 2.05 bits per heavy atom. The zero-order valence-corrected chi connectivity index (χ0v) is 12.9. The van der Waals surface area contributed by atoms with Crippen molar-refractivity contribution >= 4 is 11.3 Å². The zero-order chi connectivity index (χ0) is 14.0. The molecular formula is C17H23NOS. The molecule has 0 aliphatic carbocycles. The van der Waals surface area contributed by atoms with E-state index in [1.165, 1.54) is 17.5 Å². The maximum Gasteiger partial charge on any atom is 0.0587 e. The molecule has 1 aromatic heterocycles. The fourth-order valence-corrected chi connectivity index (χ4v) is 3.04. The van der Waals surface area contributed by atoms with Crippen LogP contribution in [0, 0.1) is 0 Å². The normalized spacial score (nSPS) is 12.4. The van der Waals surface area contributed by atoms with Gasteiger partial charge in [0.1, 0.15) is 0 Å². The molecule has 2 rings (SSSR count). The Morgan fingerprint density at radius 1 is 1.20 bits per heavy atom. The van der Waals surface area contributed by atoms with E-state index in [0.717, 1.165) is 26.1 Å². The van der Waals surface area contributed by atoms with Crippen molar-refractivity contribution in [3.63, 3.8) is 0 Å². The summed E-state index contributed by atoms with van der Waals surface area (Å²) in [5.74, 6) is 0.563. The summed E-state index contributed by atoms with van der Waals surface area (Å²) in [6.45, 7) is 2.70. The van der Waals surface area contributed by atoms with E-state index in [1.807, 2.05) is 0 Å². The van der Waals surface area contributed by atoms with E-state index >= 15 is 0 Å². The van der Waals surface area contributed by atoms with Gasteiger partial charge in [-0.25, -0.2) is 0 Å². The van der Waals surface area contributed by atoms with Gasteiger partial charge in [0.05, 0.1) is 6.61 Å². The quantitative estimate of drug-likeness (QED) is 0.711. The Kier molecular flexibility index (Phi) is 6.78. The van der Waals surface area contributed by atoms with Crippen LogP contribution in [0.3, 0.4) is 0 Å². The Morgan fingerprint density at radius 3 is 2.75 bits per heavy atom. The Balaban J connectivity index is 1.89. The van der Waals surface area contributed by atoms with Gasteiger partial charge in [0.2, 0.25) is 0 Å². The molecule has 3 heteroatoms. The van der Waals surface area contributed by atoms with Gasteiger partial charge in [0.15, 0.2) is 0 Å². The molecule has 108 valence electrons. The second-order valence-electron chi connectivity index (χ2n) is 4.97. The molecule has 0 fully saturated rings. The molecule has 0 aliphatic rings. The molecule has 0 saturated carbocycles. The van der Waals surface area contributed by atoms with Crippen molar-refractivity contribution in [2.45, 2.75) is 18.8 Å². The van der Waals surface area contributed by atoms with Crippen molar-refractivity contribution in [2.75, 3.05) is 26.8 Å². The van der Waals surface area contributed by atoms with Gasteiger partial charge in [-0.1, -0.05) is 30.3 Å². The second-order valence-corrected chi connectivity index (χ2v) is 5.75. The standard InChI is InChI=1S/C17H23NOS/c1-19-11-10-18-13-17(16-5-3-2-4-6-16)8-7-15-9-12-20-14-15/h2-6,9,12,14,17-18H,7-8,10-11,13H2,1H3. The molecule has 0 saturated heterocycles. The first-order chi connectivity index (χ1) is 9.90. The summed E-state index contributed by atoms with van der Waals surface area (Å²) in [6, 6.07) is 13.0. The number of thiophene rings is 1. The van der Waals surface area contributed by atoms with Gasteiger partial charge < -0.3 is 10.1 Å². The second kappa shape index (κ2) is 8.90. The van der Waals surface area contributed by atoms with Crippen molar-refractivity contribution in [3.8, 4) is 0 Å². The summed E-state index contributed by atoms with van der Waals surface area (Å²) in [5, 5.41) is 7.90. The average Bonchev–Trinajstić information content (AvgIpc) is 3.01. The number of rotatable bonds is 9. The van der Waals surface area contributed by atoms with E-state index in [0.29, 0.717) is 5.92 Å². The molecular weight excluding hydrogens is 266 g/mol. The molecule has 0 spiro atoms. The number of ether oxygens (including phenoxy) is 1. The maximum atomic E-state index is 5.09. The summed E-state index contributed by atoms with van der Waals surface area (Å²) in [4.78, 5) is 0. The third-order valence-electron chi connectivity index (χ3n) is 3.51. The Hall–Kier alpha value is -1.16. The monoisotopic (exact) mass is 289 g/mol. The highest BCUT2D eigenvalue weighted by Crippen LogP contribution is 2.21. The van der Waals surface area contributed by atoms with E-state index in [9.17, 15) is 0 Å². The van der Waals surface area contributed by atoms with Crippen molar-refractivity contribution in [2.24, 2.45) is 0 Å². The maximum absolute atomic E-state index is 5.09. The van der Waals surface area contributed by atoms with Crippen LogP contribution in [0.1, 0.15) is 23.5 Å². The summed E-state index contributed by atoms with van der Waals surface area (Å²) in [7, 11) is 1.74. The predicted molar refractivity (Wildman–Crippen MR) is 86.6 cm³/mol. The van der Waals surface area contributed by atoms with Gasteiger partial charge in [0, 0.05) is 20.2 Å². The molecule has 1 unspecified atom stereocenters. The first-order valence-electron chi connectivity index (χ1n) is 7.16. The molecule has 1 aromatic carbocycles. The number of aryl methyl sites for hydroxylation is 1. The smallest absolute Gasteiger partial charge is 0.0587 e. The lowest BCUT2D eigenvalue weighted by atomic mass is 9.93. The highest BCUT2D eigenvalue weighted by Gasteiger charge is 2.11. The van der Waals surface area contributed by atoms with Crippen molar-refractivity contribution in [3.05, 3.63) is 58.3 Å². The van der Waals surface area contributed by atoms with Crippen LogP contribution in [0.5, 0.6) is 0 Å². The Bertz CT molecular complexity index is 455. The summed E-state index contributed by atoms with van der Waals surface area (Å²) in [5.41, 5.74) is 2.88. The molecule has 0 radical (unpaired) electrons. The average molecular weight is 289 g/mol. The minimum Gasteiger partial charge on any atom is -0.383 e. The largest absolute Gasteiger partial charge is 0.383 e. The first-order valence-corrected chi connectivity index (χ1v) is 8.10. The highest BCUT2D eigenvalue weighted by atomic mass is 32.1. The summed E-state index contributed by atoms with van der Waals surface area (Å²) in [6.07, 6.45) is 2.33. The first kappa shape index (κ1) is 15.2. The van der Waals surface area contributed by atoms with Crippen LogP contribution in [0.15, 0.2) is 47.2 Å². The number of methoxy groups -OCH3 is 1. The van der Waals surface area contributed by atoms with Gasteiger partial charge >= 0.3 is 0 Å². The van der Waals surface area contributed by atoms with E-state index in [-0.39, 0.29) is 0 Å². The van der Waals surface area contributed by atoms with Crippen LogP contribution in [0.4, 0.5) is 0 Å². The van der Waals surface area contributed by atoms with Crippen LogP contribution in [0.2, 0.25) is 0 Å². The lowest BCUT2D eigenvalue weighted by Crippen LogP contribution is -2.25. The van der Waals surface area contributed by atoms with Crippen LogP contribution < -0.4 is 5.32 Å². The van der Waals surface area contributed by atoms with Gasteiger partial charge in [-0.15, -0.1) is 0 Å². The molecule has 0 amide bonds. The van der Waals surface area contributed by atoms with Crippen LogP contribution in [-0.4, -0.2) is 26.8 Å². The molecule has 1 heterocycles. The third kappa shape index (κ3) is 5.08. The predicted octanol–water partition coefficient (Wildman–Crippen LogP) is 3.70. The molecule has 2 aromatic rings. The highest BCUT2D eigenvalue weighted by molar-refractivity contribution is 7.07. The molecule has 20 heavy (non-hydrogen) atoms. The van der Waals surface area contributed by atoms with Gasteiger partial charge in [-0.05, 0) is 46.7 Å².